The lowest BCUT2D eigenvalue weighted by atomic mass is 10.3. The Morgan fingerprint density at radius 2 is 1.25 bits per heavy atom. The highest BCUT2D eigenvalue weighted by atomic mass is 16.7. The monoisotopic (exact) mass is 235 g/mol. The van der Waals surface area contributed by atoms with E-state index in [2.05, 4.69) is 11.9 Å². The van der Waals surface area contributed by atoms with Crippen LogP contribution >= 0.6 is 0 Å². The van der Waals surface area contributed by atoms with E-state index in [0.717, 1.165) is 39.1 Å². The zero-order valence-electron chi connectivity index (χ0n) is 10.7. The maximum absolute atomic E-state index is 5.20. The van der Waals surface area contributed by atoms with Gasteiger partial charge in [0.15, 0.2) is 0 Å². The highest BCUT2D eigenvalue weighted by Crippen LogP contribution is 1.92. The minimum Gasteiger partial charge on any atom is -0.359 e. The van der Waals surface area contributed by atoms with Crippen LogP contribution < -0.4 is 0 Å². The molecular weight excluding hydrogens is 210 g/mol. The normalized spacial score (nSPS) is 11.2. The van der Waals surface area contributed by atoms with Crippen molar-refractivity contribution < 1.29 is 18.9 Å². The van der Waals surface area contributed by atoms with Crippen LogP contribution in [0.2, 0.25) is 0 Å². The van der Waals surface area contributed by atoms with Gasteiger partial charge in [-0.15, -0.1) is 0 Å². The first kappa shape index (κ1) is 15.8. The van der Waals surface area contributed by atoms with Gasteiger partial charge in [0.25, 0.3) is 0 Å². The van der Waals surface area contributed by atoms with E-state index in [-0.39, 0.29) is 0 Å². The maximum Gasteiger partial charge on any atom is 0.146 e. The Morgan fingerprint density at radius 3 is 1.62 bits per heavy atom. The lowest BCUT2D eigenvalue weighted by molar-refractivity contribution is -0.0351. The summed E-state index contributed by atoms with van der Waals surface area (Å²) in [7, 11) is 5.37. The molecule has 0 spiro atoms. The largest absolute Gasteiger partial charge is 0.359 e. The molecule has 0 atom stereocenters. The molecule has 0 aliphatic rings. The number of rotatable bonds is 12. The summed E-state index contributed by atoms with van der Waals surface area (Å²) >= 11 is 0. The Hall–Kier alpha value is -0.200. The van der Waals surface area contributed by atoms with E-state index in [0.29, 0.717) is 13.6 Å². The Morgan fingerprint density at radius 1 is 0.812 bits per heavy atom. The van der Waals surface area contributed by atoms with Crippen molar-refractivity contribution in [1.82, 2.24) is 4.90 Å². The van der Waals surface area contributed by atoms with E-state index in [9.17, 15) is 0 Å². The molecule has 0 saturated heterocycles. The average molecular weight is 235 g/mol. The molecule has 5 nitrogen and oxygen atoms in total. The van der Waals surface area contributed by atoms with Crippen LogP contribution in [0.25, 0.3) is 0 Å². The minimum atomic E-state index is 0.384. The van der Waals surface area contributed by atoms with Gasteiger partial charge in [0.05, 0.1) is 13.2 Å². The highest BCUT2D eigenvalue weighted by Gasteiger charge is 1.98. The van der Waals surface area contributed by atoms with E-state index in [1.54, 1.807) is 14.2 Å². The average Bonchev–Trinajstić information content (AvgIpc) is 2.28. The standard InChI is InChI=1S/C11H25NO4/c1-12(6-4-8-15-10-13-2)7-5-9-16-11-14-3/h4-11H2,1-3H3. The summed E-state index contributed by atoms with van der Waals surface area (Å²) in [4.78, 5) is 2.27. The first-order valence-corrected chi connectivity index (χ1v) is 5.63. The van der Waals surface area contributed by atoms with Gasteiger partial charge >= 0.3 is 0 Å². The molecule has 0 heterocycles. The van der Waals surface area contributed by atoms with E-state index in [1.807, 2.05) is 0 Å². The molecule has 5 heteroatoms. The Labute approximate surface area is 98.6 Å². The third kappa shape index (κ3) is 11.9. The van der Waals surface area contributed by atoms with E-state index in [4.69, 9.17) is 18.9 Å². The van der Waals surface area contributed by atoms with Crippen molar-refractivity contribution in [2.45, 2.75) is 12.8 Å². The Kier molecular flexibility index (Phi) is 12.7. The molecule has 98 valence electrons. The van der Waals surface area contributed by atoms with Crippen molar-refractivity contribution in [3.63, 3.8) is 0 Å². The number of ether oxygens (including phenoxy) is 4. The summed E-state index contributed by atoms with van der Waals surface area (Å²) < 4.78 is 20.0. The van der Waals surface area contributed by atoms with Crippen LogP contribution in [-0.2, 0) is 18.9 Å². The van der Waals surface area contributed by atoms with Gasteiger partial charge in [-0.1, -0.05) is 0 Å². The predicted molar refractivity (Wildman–Crippen MR) is 62.4 cm³/mol. The Balaban J connectivity index is 3.09. The van der Waals surface area contributed by atoms with Crippen molar-refractivity contribution in [3.05, 3.63) is 0 Å². The van der Waals surface area contributed by atoms with Crippen LogP contribution in [0.5, 0.6) is 0 Å². The zero-order chi connectivity index (χ0) is 12.1. The van der Waals surface area contributed by atoms with Crippen LogP contribution in [0.4, 0.5) is 0 Å². The van der Waals surface area contributed by atoms with Crippen LogP contribution in [0.3, 0.4) is 0 Å². The predicted octanol–water partition coefficient (Wildman–Crippen LogP) is 0.939. The van der Waals surface area contributed by atoms with Crippen molar-refractivity contribution in [2.75, 3.05) is 61.2 Å². The molecule has 16 heavy (non-hydrogen) atoms. The molecule has 0 saturated carbocycles. The second-order valence-corrected chi connectivity index (χ2v) is 3.64. The molecule has 0 aliphatic carbocycles. The lowest BCUT2D eigenvalue weighted by Gasteiger charge is -2.16. The number of hydrogen-bond acceptors (Lipinski definition) is 5. The van der Waals surface area contributed by atoms with Crippen LogP contribution in [0.1, 0.15) is 12.8 Å². The second-order valence-electron chi connectivity index (χ2n) is 3.64. The van der Waals surface area contributed by atoms with Gasteiger partial charge in [-0.25, -0.2) is 0 Å². The van der Waals surface area contributed by atoms with Crippen LogP contribution in [0.15, 0.2) is 0 Å². The van der Waals surface area contributed by atoms with Gasteiger partial charge in [0, 0.05) is 27.3 Å². The van der Waals surface area contributed by atoms with Crippen LogP contribution in [0, 0.1) is 0 Å². The molecule has 0 aromatic heterocycles. The van der Waals surface area contributed by atoms with Gasteiger partial charge in [-0.2, -0.15) is 0 Å². The molecule has 0 rings (SSSR count). The molecule has 0 unspecified atom stereocenters. The molecule has 0 fully saturated rings. The first-order valence-electron chi connectivity index (χ1n) is 5.63. The summed E-state index contributed by atoms with van der Waals surface area (Å²) in [5, 5.41) is 0. The first-order chi connectivity index (χ1) is 7.81. The van der Waals surface area contributed by atoms with Gasteiger partial charge in [-0.3, -0.25) is 0 Å². The molecule has 0 aromatic rings. The quantitative estimate of drug-likeness (QED) is 0.372. The number of nitrogens with zero attached hydrogens (tertiary/aromatic N) is 1. The van der Waals surface area contributed by atoms with Crippen LogP contribution in [-0.4, -0.2) is 66.1 Å². The van der Waals surface area contributed by atoms with Crippen molar-refractivity contribution in [2.24, 2.45) is 0 Å². The number of hydrogen-bond donors (Lipinski definition) is 0. The van der Waals surface area contributed by atoms with Gasteiger partial charge in [0.2, 0.25) is 0 Å². The van der Waals surface area contributed by atoms with E-state index < -0.39 is 0 Å². The summed E-state index contributed by atoms with van der Waals surface area (Å²) in [6.07, 6.45) is 2.05. The third-order valence-corrected chi connectivity index (χ3v) is 2.06. The maximum atomic E-state index is 5.20. The summed E-state index contributed by atoms with van der Waals surface area (Å²) in [6.45, 7) is 4.34. The Bertz CT molecular complexity index is 121. The summed E-state index contributed by atoms with van der Waals surface area (Å²) in [5.74, 6) is 0. The van der Waals surface area contributed by atoms with Gasteiger partial charge < -0.3 is 23.8 Å². The summed E-state index contributed by atoms with van der Waals surface area (Å²) in [6, 6.07) is 0. The molecule has 0 amide bonds. The fourth-order valence-electron chi connectivity index (χ4n) is 1.27. The number of methoxy groups -OCH3 is 2. The third-order valence-electron chi connectivity index (χ3n) is 2.06. The molecule has 0 radical (unpaired) electrons. The van der Waals surface area contributed by atoms with Gasteiger partial charge in [-0.05, 0) is 19.9 Å². The second kappa shape index (κ2) is 12.9. The molecule has 0 aliphatic heterocycles. The SMILES string of the molecule is COCOCCCN(C)CCCOCOC. The lowest BCUT2D eigenvalue weighted by Crippen LogP contribution is -2.23. The fourth-order valence-corrected chi connectivity index (χ4v) is 1.27. The van der Waals surface area contributed by atoms with Crippen molar-refractivity contribution >= 4 is 0 Å². The van der Waals surface area contributed by atoms with Crippen molar-refractivity contribution in [1.29, 1.82) is 0 Å². The summed E-state index contributed by atoms with van der Waals surface area (Å²) in [5.41, 5.74) is 0. The highest BCUT2D eigenvalue weighted by molar-refractivity contribution is 4.51. The molecule has 0 N–H and O–H groups in total. The topological polar surface area (TPSA) is 40.2 Å². The smallest absolute Gasteiger partial charge is 0.146 e. The molecule has 0 aromatic carbocycles. The van der Waals surface area contributed by atoms with E-state index in [1.165, 1.54) is 0 Å². The molecular formula is C11H25NO4. The zero-order valence-corrected chi connectivity index (χ0v) is 10.7. The molecule has 0 bridgehead atoms. The van der Waals surface area contributed by atoms with E-state index >= 15 is 0 Å². The van der Waals surface area contributed by atoms with Gasteiger partial charge in [0.1, 0.15) is 13.6 Å². The minimum absolute atomic E-state index is 0.384. The fraction of sp³-hybridized carbons (Fsp3) is 1.00. The van der Waals surface area contributed by atoms with Crippen molar-refractivity contribution in [3.8, 4) is 0 Å².